The van der Waals surface area contributed by atoms with Crippen LogP contribution in [0.15, 0.2) is 29.2 Å². The summed E-state index contributed by atoms with van der Waals surface area (Å²) in [6.45, 7) is 1.94. The fourth-order valence-corrected chi connectivity index (χ4v) is 3.52. The first-order chi connectivity index (χ1) is 8.92. The van der Waals surface area contributed by atoms with Gasteiger partial charge < -0.3 is 10.0 Å². The summed E-state index contributed by atoms with van der Waals surface area (Å²) in [6.07, 6.45) is 1.20. The number of hydrogen-bond acceptors (Lipinski definition) is 4. The van der Waals surface area contributed by atoms with Crippen LogP contribution in [0.5, 0.6) is 0 Å². The fraction of sp³-hybridized carbons (Fsp3) is 0.571. The summed E-state index contributed by atoms with van der Waals surface area (Å²) in [4.78, 5) is 2.36. The zero-order valence-electron chi connectivity index (χ0n) is 11.8. The molecule has 0 aliphatic carbocycles. The molecule has 108 valence electrons. The normalized spacial score (nSPS) is 13.7. The summed E-state index contributed by atoms with van der Waals surface area (Å²) >= 11 is 0. The van der Waals surface area contributed by atoms with Gasteiger partial charge in [0.1, 0.15) is 0 Å². The smallest absolute Gasteiger partial charge is 0.178 e. The van der Waals surface area contributed by atoms with Crippen molar-refractivity contribution in [1.29, 1.82) is 0 Å². The van der Waals surface area contributed by atoms with Gasteiger partial charge in [0.2, 0.25) is 0 Å². The van der Waals surface area contributed by atoms with Gasteiger partial charge in [0.25, 0.3) is 0 Å². The molecule has 1 N–H and O–H groups in total. The molecule has 5 heteroatoms. The van der Waals surface area contributed by atoms with Gasteiger partial charge in [-0.25, -0.2) is 8.42 Å². The quantitative estimate of drug-likeness (QED) is 0.830. The molecule has 0 aromatic heterocycles. The van der Waals surface area contributed by atoms with Crippen molar-refractivity contribution in [2.24, 2.45) is 0 Å². The van der Waals surface area contributed by atoms with E-state index in [1.807, 2.05) is 32.0 Å². The zero-order valence-corrected chi connectivity index (χ0v) is 12.7. The summed E-state index contributed by atoms with van der Waals surface area (Å²) in [5, 5.41) is 9.12. The number of aliphatic hydroxyl groups is 1. The third kappa shape index (κ3) is 4.30. The standard InChI is InChI=1S/C14H23NO3S/c1-4-10-19(17,18)13-7-5-6-12(11-13)14(8-9-16)15(2)3/h5-7,11,14,16H,4,8-10H2,1-3H3. The SMILES string of the molecule is CCCS(=O)(=O)c1cccc(C(CCO)N(C)C)c1. The maximum Gasteiger partial charge on any atom is 0.178 e. The maximum absolute atomic E-state index is 12.1. The van der Waals surface area contributed by atoms with Crippen LogP contribution in [0.25, 0.3) is 0 Å². The van der Waals surface area contributed by atoms with Crippen LogP contribution in [0.2, 0.25) is 0 Å². The molecule has 0 radical (unpaired) electrons. The maximum atomic E-state index is 12.1. The van der Waals surface area contributed by atoms with E-state index >= 15 is 0 Å². The lowest BCUT2D eigenvalue weighted by Crippen LogP contribution is -2.21. The molecule has 1 atom stereocenters. The molecule has 4 nitrogen and oxygen atoms in total. The van der Waals surface area contributed by atoms with Crippen molar-refractivity contribution < 1.29 is 13.5 Å². The Bertz CT molecular complexity index is 497. The van der Waals surface area contributed by atoms with Crippen molar-refractivity contribution in [3.63, 3.8) is 0 Å². The van der Waals surface area contributed by atoms with Gasteiger partial charge in [0.15, 0.2) is 9.84 Å². The highest BCUT2D eigenvalue weighted by Gasteiger charge is 2.18. The van der Waals surface area contributed by atoms with Crippen molar-refractivity contribution in [2.75, 3.05) is 26.5 Å². The monoisotopic (exact) mass is 285 g/mol. The summed E-state index contributed by atoms with van der Waals surface area (Å²) in [7, 11) is 0.660. The molecule has 19 heavy (non-hydrogen) atoms. The van der Waals surface area contributed by atoms with E-state index in [0.717, 1.165) is 5.56 Å². The number of aliphatic hydroxyl groups excluding tert-OH is 1. The molecular weight excluding hydrogens is 262 g/mol. The molecule has 1 aromatic rings. The molecule has 0 saturated carbocycles. The largest absolute Gasteiger partial charge is 0.396 e. The highest BCUT2D eigenvalue weighted by atomic mass is 32.2. The van der Waals surface area contributed by atoms with E-state index in [1.165, 1.54) is 0 Å². The van der Waals surface area contributed by atoms with E-state index in [9.17, 15) is 8.42 Å². The first kappa shape index (κ1) is 16.1. The van der Waals surface area contributed by atoms with Crippen LogP contribution in [0, 0.1) is 0 Å². The van der Waals surface area contributed by atoms with Crippen LogP contribution in [-0.2, 0) is 9.84 Å². The first-order valence-corrected chi connectivity index (χ1v) is 8.17. The number of sulfone groups is 1. The van der Waals surface area contributed by atoms with Gasteiger partial charge in [-0.05, 0) is 44.6 Å². The molecule has 0 amide bonds. The Kier molecular flexibility index (Phi) is 5.97. The average Bonchev–Trinajstić information content (AvgIpc) is 2.35. The summed E-state index contributed by atoms with van der Waals surface area (Å²) in [6, 6.07) is 7.07. The summed E-state index contributed by atoms with van der Waals surface area (Å²) < 4.78 is 24.1. The second kappa shape index (κ2) is 7.03. The van der Waals surface area contributed by atoms with Crippen molar-refractivity contribution in [2.45, 2.75) is 30.7 Å². The fourth-order valence-electron chi connectivity index (χ4n) is 2.15. The van der Waals surface area contributed by atoms with Crippen molar-refractivity contribution >= 4 is 9.84 Å². The van der Waals surface area contributed by atoms with Crippen LogP contribution >= 0.6 is 0 Å². The average molecular weight is 285 g/mol. The van der Waals surface area contributed by atoms with Crippen LogP contribution in [0.3, 0.4) is 0 Å². The van der Waals surface area contributed by atoms with Crippen molar-refractivity contribution in [3.8, 4) is 0 Å². The molecule has 1 unspecified atom stereocenters. The Morgan fingerprint density at radius 1 is 1.32 bits per heavy atom. The van der Waals surface area contributed by atoms with E-state index in [-0.39, 0.29) is 18.4 Å². The van der Waals surface area contributed by atoms with Crippen LogP contribution in [0.4, 0.5) is 0 Å². The summed E-state index contributed by atoms with van der Waals surface area (Å²) in [5.74, 6) is 0.170. The van der Waals surface area contributed by atoms with Gasteiger partial charge in [-0.15, -0.1) is 0 Å². The molecule has 1 rings (SSSR count). The molecular formula is C14H23NO3S. The summed E-state index contributed by atoms with van der Waals surface area (Å²) in [5.41, 5.74) is 0.927. The van der Waals surface area contributed by atoms with Gasteiger partial charge in [-0.3, -0.25) is 0 Å². The van der Waals surface area contributed by atoms with E-state index in [0.29, 0.717) is 17.7 Å². The van der Waals surface area contributed by atoms with E-state index < -0.39 is 9.84 Å². The van der Waals surface area contributed by atoms with Crippen molar-refractivity contribution in [3.05, 3.63) is 29.8 Å². The topological polar surface area (TPSA) is 57.6 Å². The Morgan fingerprint density at radius 3 is 2.53 bits per heavy atom. The lowest BCUT2D eigenvalue weighted by atomic mass is 10.0. The predicted octanol–water partition coefficient (Wildman–Crippen LogP) is 1.86. The minimum Gasteiger partial charge on any atom is -0.396 e. The van der Waals surface area contributed by atoms with Gasteiger partial charge in [-0.2, -0.15) is 0 Å². The third-order valence-corrected chi connectivity index (χ3v) is 5.02. The highest BCUT2D eigenvalue weighted by Crippen LogP contribution is 2.24. The van der Waals surface area contributed by atoms with E-state index in [2.05, 4.69) is 0 Å². The molecule has 0 saturated heterocycles. The molecule has 0 fully saturated rings. The highest BCUT2D eigenvalue weighted by molar-refractivity contribution is 7.91. The Hall–Kier alpha value is -0.910. The first-order valence-electron chi connectivity index (χ1n) is 6.52. The number of nitrogens with zero attached hydrogens (tertiary/aromatic N) is 1. The zero-order chi connectivity index (χ0) is 14.5. The van der Waals surface area contributed by atoms with Gasteiger partial charge >= 0.3 is 0 Å². The molecule has 0 heterocycles. The molecule has 0 aliphatic heterocycles. The van der Waals surface area contributed by atoms with Crippen LogP contribution < -0.4 is 0 Å². The molecule has 0 spiro atoms. The molecule has 0 bridgehead atoms. The Morgan fingerprint density at radius 2 is 2.00 bits per heavy atom. The Labute approximate surface area is 116 Å². The Balaban J connectivity index is 3.12. The minimum absolute atomic E-state index is 0.0294. The number of hydrogen-bond donors (Lipinski definition) is 1. The second-order valence-corrected chi connectivity index (χ2v) is 6.99. The number of benzene rings is 1. The van der Waals surface area contributed by atoms with Gasteiger partial charge in [0.05, 0.1) is 10.6 Å². The minimum atomic E-state index is -3.19. The molecule has 0 aliphatic rings. The van der Waals surface area contributed by atoms with Crippen molar-refractivity contribution in [1.82, 2.24) is 4.90 Å². The third-order valence-electron chi connectivity index (χ3n) is 3.10. The number of rotatable bonds is 7. The second-order valence-electron chi connectivity index (χ2n) is 4.88. The lowest BCUT2D eigenvalue weighted by Gasteiger charge is -2.24. The van der Waals surface area contributed by atoms with Crippen LogP contribution in [0.1, 0.15) is 31.4 Å². The van der Waals surface area contributed by atoms with Crippen LogP contribution in [-0.4, -0.2) is 44.9 Å². The predicted molar refractivity (Wildman–Crippen MR) is 76.9 cm³/mol. The molecule has 1 aromatic carbocycles. The van der Waals surface area contributed by atoms with Gasteiger partial charge in [-0.1, -0.05) is 19.1 Å². The lowest BCUT2D eigenvalue weighted by molar-refractivity contribution is 0.210. The van der Waals surface area contributed by atoms with E-state index in [1.54, 1.807) is 18.2 Å². The van der Waals surface area contributed by atoms with E-state index in [4.69, 9.17) is 5.11 Å². The van der Waals surface area contributed by atoms with Gasteiger partial charge in [0, 0.05) is 12.6 Å².